The Morgan fingerprint density at radius 3 is 2.57 bits per heavy atom. The average Bonchev–Trinajstić information content (AvgIpc) is 2.94. The van der Waals surface area contributed by atoms with E-state index in [0.29, 0.717) is 17.5 Å². The van der Waals surface area contributed by atoms with Gasteiger partial charge in [-0.05, 0) is 31.0 Å². The first-order chi connectivity index (χ1) is 10.1. The van der Waals surface area contributed by atoms with Gasteiger partial charge in [0.2, 0.25) is 10.0 Å². The van der Waals surface area contributed by atoms with Crippen molar-refractivity contribution >= 4 is 10.0 Å². The van der Waals surface area contributed by atoms with E-state index in [4.69, 9.17) is 0 Å². The van der Waals surface area contributed by atoms with Crippen LogP contribution in [0.15, 0.2) is 29.2 Å². The van der Waals surface area contributed by atoms with E-state index in [-0.39, 0.29) is 0 Å². The predicted molar refractivity (Wildman–Crippen MR) is 85.0 cm³/mol. The van der Waals surface area contributed by atoms with E-state index in [1.54, 1.807) is 12.1 Å². The van der Waals surface area contributed by atoms with Gasteiger partial charge in [-0.15, -0.1) is 0 Å². The lowest BCUT2D eigenvalue weighted by atomic mass is 10.1. The Kier molecular flexibility index (Phi) is 5.79. The minimum Gasteiger partial charge on any atom is -0.332 e. The number of hydrogen-bond donors (Lipinski definition) is 2. The van der Waals surface area contributed by atoms with Crippen molar-refractivity contribution in [2.24, 2.45) is 0 Å². The van der Waals surface area contributed by atoms with Crippen molar-refractivity contribution in [2.75, 3.05) is 19.6 Å². The second kappa shape index (κ2) is 7.38. The molecule has 1 aromatic rings. The Hall–Kier alpha value is -0.910. The van der Waals surface area contributed by atoms with Gasteiger partial charge in [0.15, 0.2) is 0 Å². The average molecular weight is 311 g/mol. The molecule has 1 fully saturated rings. The van der Waals surface area contributed by atoms with E-state index in [0.717, 1.165) is 32.4 Å². The molecule has 1 saturated heterocycles. The number of quaternary nitrogens is 1. The van der Waals surface area contributed by atoms with Crippen LogP contribution in [0.1, 0.15) is 38.7 Å². The van der Waals surface area contributed by atoms with Gasteiger partial charge in [0.05, 0.1) is 24.5 Å². The summed E-state index contributed by atoms with van der Waals surface area (Å²) in [5.74, 6) is 0. The first-order valence-corrected chi connectivity index (χ1v) is 9.48. The van der Waals surface area contributed by atoms with Gasteiger partial charge in [-0.3, -0.25) is 0 Å². The highest BCUT2D eigenvalue weighted by molar-refractivity contribution is 7.89. The highest BCUT2D eigenvalue weighted by Crippen LogP contribution is 2.12. The fraction of sp³-hybridized carbons (Fsp3) is 0.625. The van der Waals surface area contributed by atoms with E-state index in [1.807, 2.05) is 12.1 Å². The fourth-order valence-electron chi connectivity index (χ4n) is 3.11. The lowest BCUT2D eigenvalue weighted by Gasteiger charge is -2.20. The lowest BCUT2D eigenvalue weighted by molar-refractivity contribution is -0.909. The van der Waals surface area contributed by atoms with Gasteiger partial charge in [-0.2, -0.15) is 0 Å². The number of aryl methyl sites for hydroxylation is 1. The monoisotopic (exact) mass is 311 g/mol. The summed E-state index contributed by atoms with van der Waals surface area (Å²) < 4.78 is 27.4. The van der Waals surface area contributed by atoms with Crippen LogP contribution >= 0.6 is 0 Å². The van der Waals surface area contributed by atoms with Crippen LogP contribution in [-0.4, -0.2) is 34.1 Å². The molecule has 2 atom stereocenters. The van der Waals surface area contributed by atoms with Crippen molar-refractivity contribution in [1.82, 2.24) is 4.72 Å². The van der Waals surface area contributed by atoms with E-state index in [9.17, 15) is 8.42 Å². The Bertz CT molecular complexity index is 540. The van der Waals surface area contributed by atoms with Crippen molar-refractivity contribution in [3.8, 4) is 0 Å². The second-order valence-electron chi connectivity index (χ2n) is 5.85. The summed E-state index contributed by atoms with van der Waals surface area (Å²) in [6, 6.07) is 7.68. The van der Waals surface area contributed by atoms with Crippen LogP contribution in [-0.2, 0) is 16.4 Å². The maximum Gasteiger partial charge on any atom is 0.240 e. The van der Waals surface area contributed by atoms with Gasteiger partial charge in [0, 0.05) is 12.8 Å². The van der Waals surface area contributed by atoms with Crippen LogP contribution in [0.4, 0.5) is 0 Å². The summed E-state index contributed by atoms with van der Waals surface area (Å²) in [6.45, 7) is 7.05. The first-order valence-electron chi connectivity index (χ1n) is 8.00. The van der Waals surface area contributed by atoms with E-state index >= 15 is 0 Å². The number of nitrogens with one attached hydrogen (secondary N) is 2. The van der Waals surface area contributed by atoms with Gasteiger partial charge in [0.25, 0.3) is 0 Å². The molecule has 5 heteroatoms. The number of rotatable bonds is 7. The maximum atomic E-state index is 12.3. The highest BCUT2D eigenvalue weighted by atomic mass is 32.2. The quantitative estimate of drug-likeness (QED) is 0.789. The molecule has 1 aliphatic rings. The third-order valence-electron chi connectivity index (χ3n) is 4.37. The molecule has 1 aliphatic heterocycles. The largest absolute Gasteiger partial charge is 0.332 e. The normalized spacial score (nSPS) is 22.6. The smallest absolute Gasteiger partial charge is 0.240 e. The molecule has 21 heavy (non-hydrogen) atoms. The Labute approximate surface area is 128 Å². The molecule has 1 aromatic carbocycles. The van der Waals surface area contributed by atoms with Crippen molar-refractivity contribution in [3.63, 3.8) is 0 Å². The van der Waals surface area contributed by atoms with Crippen molar-refractivity contribution in [1.29, 1.82) is 0 Å². The summed E-state index contributed by atoms with van der Waals surface area (Å²) >= 11 is 0. The third-order valence-corrected chi connectivity index (χ3v) is 5.81. The molecule has 0 aromatic heterocycles. The van der Waals surface area contributed by atoms with Crippen LogP contribution in [0.3, 0.4) is 0 Å². The van der Waals surface area contributed by atoms with Crippen LogP contribution in [0, 0.1) is 0 Å². The van der Waals surface area contributed by atoms with Gasteiger partial charge in [0.1, 0.15) is 6.04 Å². The third kappa shape index (κ3) is 4.28. The molecule has 0 bridgehead atoms. The minimum atomic E-state index is -3.37. The molecule has 4 nitrogen and oxygen atoms in total. The molecule has 1 heterocycles. The number of benzene rings is 1. The summed E-state index contributed by atoms with van der Waals surface area (Å²) in [7, 11) is -3.37. The molecule has 0 aliphatic carbocycles. The zero-order valence-electron chi connectivity index (χ0n) is 13.1. The number of likely N-dealkylation sites (N-methyl/N-ethyl adjacent to an activating group) is 1. The molecule has 0 amide bonds. The van der Waals surface area contributed by atoms with E-state index < -0.39 is 10.0 Å². The van der Waals surface area contributed by atoms with Gasteiger partial charge in [-0.1, -0.05) is 25.5 Å². The predicted octanol–water partition coefficient (Wildman–Crippen LogP) is 0.985. The van der Waals surface area contributed by atoms with Crippen molar-refractivity contribution in [3.05, 3.63) is 29.8 Å². The van der Waals surface area contributed by atoms with Crippen LogP contribution < -0.4 is 9.62 Å². The lowest BCUT2D eigenvalue weighted by Crippen LogP contribution is -3.14. The molecule has 2 N–H and O–H groups in total. The van der Waals surface area contributed by atoms with Crippen LogP contribution in [0.2, 0.25) is 0 Å². The zero-order chi connectivity index (χ0) is 15.3. The molecule has 0 radical (unpaired) electrons. The fourth-order valence-corrected chi connectivity index (χ4v) is 4.19. The van der Waals surface area contributed by atoms with Crippen LogP contribution in [0.25, 0.3) is 0 Å². The molecule has 2 rings (SSSR count). The maximum absolute atomic E-state index is 12.3. The molecule has 0 spiro atoms. The highest BCUT2D eigenvalue weighted by Gasteiger charge is 2.28. The van der Waals surface area contributed by atoms with Crippen molar-refractivity contribution in [2.45, 2.75) is 50.5 Å². The van der Waals surface area contributed by atoms with Gasteiger partial charge >= 0.3 is 0 Å². The summed E-state index contributed by atoms with van der Waals surface area (Å²) in [6.07, 6.45) is 4.37. The molecule has 0 saturated carbocycles. The van der Waals surface area contributed by atoms with E-state index in [2.05, 4.69) is 18.6 Å². The number of likely N-dealkylation sites (tertiary alicyclic amines) is 1. The number of hydrogen-bond acceptors (Lipinski definition) is 2. The number of sulfonamides is 1. The van der Waals surface area contributed by atoms with Crippen molar-refractivity contribution < 1.29 is 13.3 Å². The van der Waals surface area contributed by atoms with Crippen LogP contribution in [0.5, 0.6) is 0 Å². The molecular formula is C16H27N2O2S+. The minimum absolute atomic E-state index is 0.374. The zero-order valence-corrected chi connectivity index (χ0v) is 13.9. The molecule has 1 unspecified atom stereocenters. The second-order valence-corrected chi connectivity index (χ2v) is 7.61. The first kappa shape index (κ1) is 16.5. The Balaban J connectivity index is 1.97. The Morgan fingerprint density at radius 2 is 1.95 bits per heavy atom. The summed E-state index contributed by atoms with van der Waals surface area (Å²) in [5, 5.41) is 0. The molecular weight excluding hydrogens is 284 g/mol. The standard InChI is InChI=1S/C16H26N2O2S/c1-3-6-14-8-10-16(11-9-14)21(19,20)17-13-15-7-5-12-18(15)4-2/h8-11,15,17H,3-7,12-13H2,1-2H3/p+1/t15-/m0/s1. The van der Waals surface area contributed by atoms with Gasteiger partial charge < -0.3 is 4.90 Å². The molecule has 118 valence electrons. The SMILES string of the molecule is CCCc1ccc(S(=O)(=O)NC[C@@H]2CCC[NH+]2CC)cc1. The van der Waals surface area contributed by atoms with Gasteiger partial charge in [-0.25, -0.2) is 13.1 Å². The summed E-state index contributed by atoms with van der Waals surface area (Å²) in [5.41, 5.74) is 1.19. The topological polar surface area (TPSA) is 50.6 Å². The summed E-state index contributed by atoms with van der Waals surface area (Å²) in [4.78, 5) is 1.88. The van der Waals surface area contributed by atoms with E-state index in [1.165, 1.54) is 16.9 Å². The Morgan fingerprint density at radius 1 is 1.24 bits per heavy atom.